The first kappa shape index (κ1) is 8.80. The fourth-order valence-corrected chi connectivity index (χ4v) is 1.89. The van der Waals surface area contributed by atoms with Gasteiger partial charge in [-0.2, -0.15) is 8.75 Å². The average Bonchev–Trinajstić information content (AvgIpc) is 2.59. The van der Waals surface area contributed by atoms with E-state index in [4.69, 9.17) is 23.2 Å². The molecule has 0 amide bonds. The third-order valence-electron chi connectivity index (χ3n) is 1.51. The Morgan fingerprint density at radius 2 is 1.54 bits per heavy atom. The summed E-state index contributed by atoms with van der Waals surface area (Å²) in [5.41, 5.74) is 0.186. The van der Waals surface area contributed by atoms with Gasteiger partial charge in [0.1, 0.15) is 10.7 Å². The summed E-state index contributed by atoms with van der Waals surface area (Å²) in [5, 5.41) is -0.290. The van der Waals surface area contributed by atoms with Crippen LogP contribution in [0.15, 0.2) is 5.03 Å². The van der Waals surface area contributed by atoms with E-state index in [2.05, 4.69) is 8.75 Å². The second-order valence-electron chi connectivity index (χ2n) is 2.25. The molecule has 0 fully saturated rings. The lowest BCUT2D eigenvalue weighted by Crippen LogP contribution is -2.20. The molecule has 1 aliphatic rings. The molecule has 4 nitrogen and oxygen atoms in total. The van der Waals surface area contributed by atoms with Crippen molar-refractivity contribution in [3.8, 4) is 0 Å². The van der Waals surface area contributed by atoms with Crippen LogP contribution in [0.5, 0.6) is 0 Å². The minimum Gasteiger partial charge on any atom is -0.284 e. The summed E-state index contributed by atoms with van der Waals surface area (Å²) in [5.74, 6) is -1.58. The Hall–Kier alpha value is -0.780. The second-order valence-corrected chi connectivity index (χ2v) is 3.53. The van der Waals surface area contributed by atoms with E-state index >= 15 is 0 Å². The average molecular weight is 235 g/mol. The molecule has 0 aromatic carbocycles. The predicted octanol–water partition coefficient (Wildman–Crippen LogP) is 1.45. The molecule has 0 radical (unpaired) electrons. The van der Waals surface area contributed by atoms with Crippen LogP contribution in [0.4, 0.5) is 0 Å². The van der Waals surface area contributed by atoms with Crippen molar-refractivity contribution < 1.29 is 9.59 Å². The Balaban J connectivity index is 2.76. The summed E-state index contributed by atoms with van der Waals surface area (Å²) >= 11 is 12.0. The van der Waals surface area contributed by atoms with E-state index in [9.17, 15) is 9.59 Å². The van der Waals surface area contributed by atoms with Gasteiger partial charge in [-0.3, -0.25) is 9.59 Å². The molecule has 7 heteroatoms. The number of hydrogen-bond acceptors (Lipinski definition) is 5. The molecule has 66 valence electrons. The van der Waals surface area contributed by atoms with Crippen molar-refractivity contribution in [2.75, 3.05) is 0 Å². The highest BCUT2D eigenvalue weighted by molar-refractivity contribution is 6.99. The number of carbonyl (C=O) groups is 2. The van der Waals surface area contributed by atoms with E-state index in [0.717, 1.165) is 11.7 Å². The van der Waals surface area contributed by atoms with Crippen LogP contribution in [0, 0.1) is 0 Å². The number of allylic oxidation sites excluding steroid dienone is 1. The molecule has 0 saturated carbocycles. The lowest BCUT2D eigenvalue weighted by molar-refractivity contribution is -0.111. The van der Waals surface area contributed by atoms with Gasteiger partial charge in [0, 0.05) is 0 Å². The number of aromatic nitrogens is 2. The normalized spacial score (nSPS) is 16.5. The Morgan fingerprint density at radius 1 is 0.923 bits per heavy atom. The second kappa shape index (κ2) is 2.87. The SMILES string of the molecule is O=C1C(=O)c2nsnc2C(Cl)=C1Cl. The summed E-state index contributed by atoms with van der Waals surface area (Å²) in [7, 11) is 0. The smallest absolute Gasteiger partial charge is 0.256 e. The number of carbonyl (C=O) groups excluding carboxylic acids is 2. The summed E-state index contributed by atoms with van der Waals surface area (Å²) < 4.78 is 7.41. The maximum Gasteiger partial charge on any atom is 0.256 e. The van der Waals surface area contributed by atoms with Crippen LogP contribution in [0.2, 0.25) is 0 Å². The quantitative estimate of drug-likeness (QED) is 0.638. The fraction of sp³-hybridized carbons (Fsp3) is 0. The largest absolute Gasteiger partial charge is 0.284 e. The van der Waals surface area contributed by atoms with Gasteiger partial charge < -0.3 is 0 Å². The van der Waals surface area contributed by atoms with E-state index in [1.807, 2.05) is 0 Å². The molecule has 0 spiro atoms. The summed E-state index contributed by atoms with van der Waals surface area (Å²) in [4.78, 5) is 22.3. The maximum absolute atomic E-state index is 11.2. The van der Waals surface area contributed by atoms with Crippen LogP contribution < -0.4 is 0 Å². The van der Waals surface area contributed by atoms with Crippen molar-refractivity contribution in [2.45, 2.75) is 0 Å². The molecule has 0 atom stereocenters. The van der Waals surface area contributed by atoms with E-state index in [1.165, 1.54) is 0 Å². The number of ketones is 2. The van der Waals surface area contributed by atoms with Crippen LogP contribution in [0.1, 0.15) is 16.2 Å². The molecule has 1 aromatic rings. The number of halogens is 2. The first-order valence-electron chi connectivity index (χ1n) is 3.10. The third-order valence-corrected chi connectivity index (χ3v) is 2.86. The van der Waals surface area contributed by atoms with E-state index in [1.54, 1.807) is 0 Å². The maximum atomic E-state index is 11.2. The van der Waals surface area contributed by atoms with Gasteiger partial charge >= 0.3 is 0 Å². The standard InChI is InChI=1S/C6Cl2N2O2S/c7-1-2(8)5(11)6(12)4-3(1)9-13-10-4. The topological polar surface area (TPSA) is 59.9 Å². The molecule has 2 rings (SSSR count). The minimum absolute atomic E-state index is 0.00461. The van der Waals surface area contributed by atoms with Crippen LogP contribution in [-0.2, 0) is 4.79 Å². The molecule has 0 N–H and O–H groups in total. The number of fused-ring (bicyclic) bond motifs is 1. The van der Waals surface area contributed by atoms with Crippen molar-refractivity contribution in [3.05, 3.63) is 16.4 Å². The molecule has 0 aliphatic heterocycles. The molecule has 1 heterocycles. The number of Topliss-reactive ketones (excluding diaryl/α,β-unsaturated/α-hetero) is 2. The van der Waals surface area contributed by atoms with Crippen molar-refractivity contribution in [1.82, 2.24) is 8.75 Å². The van der Waals surface area contributed by atoms with Crippen molar-refractivity contribution in [1.29, 1.82) is 0 Å². The summed E-state index contributed by atoms with van der Waals surface area (Å²) in [6.45, 7) is 0. The van der Waals surface area contributed by atoms with Gasteiger partial charge in [0.2, 0.25) is 5.78 Å². The van der Waals surface area contributed by atoms with Crippen molar-refractivity contribution in [3.63, 3.8) is 0 Å². The third kappa shape index (κ3) is 1.12. The molecule has 1 aromatic heterocycles. The van der Waals surface area contributed by atoms with E-state index in [0.29, 0.717) is 0 Å². The zero-order valence-electron chi connectivity index (χ0n) is 5.88. The Bertz CT molecular complexity index is 451. The number of nitrogens with zero attached hydrogens (tertiary/aromatic N) is 2. The molecular formula is C6Cl2N2O2S. The van der Waals surface area contributed by atoms with Gasteiger partial charge in [-0.1, -0.05) is 23.2 Å². The van der Waals surface area contributed by atoms with Crippen LogP contribution in [0.3, 0.4) is 0 Å². The van der Waals surface area contributed by atoms with Gasteiger partial charge in [-0.25, -0.2) is 0 Å². The molecule has 13 heavy (non-hydrogen) atoms. The van der Waals surface area contributed by atoms with E-state index < -0.39 is 11.6 Å². The number of hydrogen-bond donors (Lipinski definition) is 0. The Kier molecular flexibility index (Phi) is 1.94. The molecular weight excluding hydrogens is 235 g/mol. The highest BCUT2D eigenvalue weighted by Gasteiger charge is 2.34. The lowest BCUT2D eigenvalue weighted by atomic mass is 10.1. The van der Waals surface area contributed by atoms with Crippen molar-refractivity contribution >= 4 is 51.5 Å². The van der Waals surface area contributed by atoms with Gasteiger partial charge in [0.05, 0.1) is 16.8 Å². The Morgan fingerprint density at radius 3 is 2.23 bits per heavy atom. The fourth-order valence-electron chi connectivity index (χ4n) is 0.892. The number of rotatable bonds is 0. The highest BCUT2D eigenvalue weighted by Crippen LogP contribution is 2.32. The summed E-state index contributed by atoms with van der Waals surface area (Å²) in [6, 6.07) is 0. The highest BCUT2D eigenvalue weighted by atomic mass is 35.5. The molecule has 0 saturated heterocycles. The predicted molar refractivity (Wildman–Crippen MR) is 47.9 cm³/mol. The van der Waals surface area contributed by atoms with Gasteiger partial charge in [0.15, 0.2) is 5.69 Å². The van der Waals surface area contributed by atoms with Gasteiger partial charge in [0.25, 0.3) is 5.78 Å². The van der Waals surface area contributed by atoms with Crippen LogP contribution in [-0.4, -0.2) is 20.3 Å². The van der Waals surface area contributed by atoms with Crippen molar-refractivity contribution in [2.24, 2.45) is 0 Å². The molecule has 0 unspecified atom stereocenters. The van der Waals surface area contributed by atoms with Gasteiger partial charge in [-0.05, 0) is 0 Å². The summed E-state index contributed by atoms with van der Waals surface area (Å²) in [6.07, 6.45) is 0. The Labute approximate surface area is 86.5 Å². The van der Waals surface area contributed by atoms with Crippen LogP contribution in [0.25, 0.3) is 5.03 Å². The monoisotopic (exact) mass is 234 g/mol. The lowest BCUT2D eigenvalue weighted by Gasteiger charge is -2.06. The van der Waals surface area contributed by atoms with Crippen LogP contribution >= 0.6 is 34.9 Å². The zero-order chi connectivity index (χ0) is 9.59. The first-order valence-corrected chi connectivity index (χ1v) is 4.58. The molecule has 0 bridgehead atoms. The van der Waals surface area contributed by atoms with E-state index in [-0.39, 0.29) is 21.5 Å². The molecule has 1 aliphatic carbocycles. The zero-order valence-corrected chi connectivity index (χ0v) is 8.20. The first-order chi connectivity index (χ1) is 6.13. The minimum atomic E-state index is -0.827. The van der Waals surface area contributed by atoms with Gasteiger partial charge in [-0.15, -0.1) is 0 Å².